The average molecular weight is 324 g/mol. The van der Waals surface area contributed by atoms with Crippen LogP contribution in [-0.2, 0) is 0 Å². The summed E-state index contributed by atoms with van der Waals surface area (Å²) in [6, 6.07) is 10.9. The number of anilines is 1. The van der Waals surface area contributed by atoms with Gasteiger partial charge in [0.2, 0.25) is 5.89 Å². The van der Waals surface area contributed by atoms with Gasteiger partial charge in [0, 0.05) is 26.8 Å². The Labute approximate surface area is 117 Å². The van der Waals surface area contributed by atoms with E-state index >= 15 is 0 Å². The van der Waals surface area contributed by atoms with Crippen molar-refractivity contribution < 1.29 is 4.42 Å². The van der Waals surface area contributed by atoms with Gasteiger partial charge in [0.15, 0.2) is 5.58 Å². The standard InChI is InChI=1S/C13H8BrClN2O/c14-9-3-1-7(5-10(9)16)13-17-11-4-2-8(15)6-12(11)18-13/h1-6H,16H2. The summed E-state index contributed by atoms with van der Waals surface area (Å²) in [5, 5.41) is 0.625. The van der Waals surface area contributed by atoms with E-state index in [9.17, 15) is 0 Å². The monoisotopic (exact) mass is 322 g/mol. The predicted molar refractivity (Wildman–Crippen MR) is 76.6 cm³/mol. The zero-order valence-corrected chi connectivity index (χ0v) is 11.5. The number of fused-ring (bicyclic) bond motifs is 1. The van der Waals surface area contributed by atoms with Gasteiger partial charge in [-0.05, 0) is 46.3 Å². The van der Waals surface area contributed by atoms with E-state index in [2.05, 4.69) is 20.9 Å². The Kier molecular flexibility index (Phi) is 2.76. The minimum atomic E-state index is 0.534. The molecular weight excluding hydrogens is 316 g/mol. The zero-order chi connectivity index (χ0) is 12.7. The molecule has 0 aliphatic carbocycles. The topological polar surface area (TPSA) is 52.0 Å². The van der Waals surface area contributed by atoms with Crippen molar-refractivity contribution in [1.29, 1.82) is 0 Å². The number of halogens is 2. The lowest BCUT2D eigenvalue weighted by Gasteiger charge is -1.99. The molecule has 0 aliphatic heterocycles. The second-order valence-corrected chi connectivity index (χ2v) is 5.16. The molecule has 0 unspecified atom stereocenters. The van der Waals surface area contributed by atoms with Crippen molar-refractivity contribution in [1.82, 2.24) is 4.98 Å². The summed E-state index contributed by atoms with van der Waals surface area (Å²) >= 11 is 9.26. The van der Waals surface area contributed by atoms with Crippen LogP contribution >= 0.6 is 27.5 Å². The maximum absolute atomic E-state index is 5.91. The highest BCUT2D eigenvalue weighted by atomic mass is 79.9. The third-order valence-corrected chi connectivity index (χ3v) is 3.55. The van der Waals surface area contributed by atoms with Crippen molar-refractivity contribution in [3.63, 3.8) is 0 Å². The van der Waals surface area contributed by atoms with E-state index < -0.39 is 0 Å². The quantitative estimate of drug-likeness (QED) is 0.671. The average Bonchev–Trinajstić information content (AvgIpc) is 2.75. The lowest BCUT2D eigenvalue weighted by Crippen LogP contribution is -1.87. The lowest BCUT2D eigenvalue weighted by atomic mass is 10.2. The maximum atomic E-state index is 5.91. The summed E-state index contributed by atoms with van der Waals surface area (Å²) in [7, 11) is 0. The SMILES string of the molecule is Nc1cc(-c2nc3ccc(Cl)cc3o2)ccc1Br. The number of oxazole rings is 1. The molecule has 1 aromatic heterocycles. The second-order valence-electron chi connectivity index (χ2n) is 3.87. The van der Waals surface area contributed by atoms with Crippen LogP contribution in [0.15, 0.2) is 45.3 Å². The Hall–Kier alpha value is -1.52. The number of nitrogen functional groups attached to an aromatic ring is 1. The van der Waals surface area contributed by atoms with E-state index in [0.29, 0.717) is 22.2 Å². The second kappa shape index (κ2) is 4.30. The number of benzene rings is 2. The molecule has 0 saturated carbocycles. The first-order chi connectivity index (χ1) is 8.63. The number of rotatable bonds is 1. The smallest absolute Gasteiger partial charge is 0.227 e. The molecule has 90 valence electrons. The minimum absolute atomic E-state index is 0.534. The first-order valence-electron chi connectivity index (χ1n) is 5.25. The fraction of sp³-hybridized carbons (Fsp3) is 0. The summed E-state index contributed by atoms with van der Waals surface area (Å²) in [5.74, 6) is 0.534. The van der Waals surface area contributed by atoms with Crippen molar-refractivity contribution >= 4 is 44.3 Å². The minimum Gasteiger partial charge on any atom is -0.436 e. The van der Waals surface area contributed by atoms with Gasteiger partial charge in [0.1, 0.15) is 5.52 Å². The number of hydrogen-bond donors (Lipinski definition) is 1. The van der Waals surface area contributed by atoms with E-state index in [-0.39, 0.29) is 0 Å². The van der Waals surface area contributed by atoms with Crippen LogP contribution in [0.25, 0.3) is 22.6 Å². The van der Waals surface area contributed by atoms with Crippen molar-refractivity contribution in [2.24, 2.45) is 0 Å². The molecule has 2 aromatic carbocycles. The van der Waals surface area contributed by atoms with Crippen LogP contribution < -0.4 is 5.73 Å². The summed E-state index contributed by atoms with van der Waals surface area (Å²) < 4.78 is 6.52. The molecule has 0 amide bonds. The zero-order valence-electron chi connectivity index (χ0n) is 9.15. The highest BCUT2D eigenvalue weighted by Gasteiger charge is 2.09. The van der Waals surface area contributed by atoms with Crippen molar-refractivity contribution in [3.05, 3.63) is 45.9 Å². The van der Waals surface area contributed by atoms with Gasteiger partial charge in [-0.15, -0.1) is 0 Å². The molecule has 0 fully saturated rings. The molecule has 5 heteroatoms. The predicted octanol–water partition coefficient (Wildman–Crippen LogP) is 4.49. The van der Waals surface area contributed by atoms with Gasteiger partial charge >= 0.3 is 0 Å². The third kappa shape index (κ3) is 1.98. The van der Waals surface area contributed by atoms with E-state index in [4.69, 9.17) is 21.8 Å². The molecule has 0 spiro atoms. The molecule has 1 heterocycles. The van der Waals surface area contributed by atoms with Crippen LogP contribution in [0.4, 0.5) is 5.69 Å². The highest BCUT2D eigenvalue weighted by molar-refractivity contribution is 9.10. The first-order valence-corrected chi connectivity index (χ1v) is 6.42. The Morgan fingerprint density at radius 1 is 1.17 bits per heavy atom. The molecule has 18 heavy (non-hydrogen) atoms. The Bertz CT molecular complexity index is 739. The lowest BCUT2D eigenvalue weighted by molar-refractivity contribution is 0.620. The van der Waals surface area contributed by atoms with E-state index in [1.165, 1.54) is 0 Å². The molecule has 0 atom stereocenters. The molecular formula is C13H8BrClN2O. The van der Waals surface area contributed by atoms with Crippen LogP contribution in [-0.4, -0.2) is 4.98 Å². The van der Waals surface area contributed by atoms with Crippen LogP contribution in [0.5, 0.6) is 0 Å². The molecule has 3 aromatic rings. The maximum Gasteiger partial charge on any atom is 0.227 e. The number of nitrogens with zero attached hydrogens (tertiary/aromatic N) is 1. The van der Waals surface area contributed by atoms with Gasteiger partial charge in [-0.1, -0.05) is 11.6 Å². The third-order valence-electron chi connectivity index (χ3n) is 2.59. The van der Waals surface area contributed by atoms with Crippen LogP contribution in [0, 0.1) is 0 Å². The number of aromatic nitrogens is 1. The van der Waals surface area contributed by atoms with Crippen LogP contribution in [0.1, 0.15) is 0 Å². The van der Waals surface area contributed by atoms with Crippen molar-refractivity contribution in [2.75, 3.05) is 5.73 Å². The van der Waals surface area contributed by atoms with Gasteiger partial charge in [0.05, 0.1) is 0 Å². The fourth-order valence-corrected chi connectivity index (χ4v) is 2.11. The Morgan fingerprint density at radius 3 is 2.78 bits per heavy atom. The van der Waals surface area contributed by atoms with Crippen LogP contribution in [0.3, 0.4) is 0 Å². The summed E-state index contributed by atoms with van der Waals surface area (Å²) in [5.41, 5.74) is 8.76. The van der Waals surface area contributed by atoms with Gasteiger partial charge < -0.3 is 10.2 Å². The van der Waals surface area contributed by atoms with E-state index in [1.54, 1.807) is 12.1 Å². The number of nitrogens with two attached hydrogens (primary N) is 1. The largest absolute Gasteiger partial charge is 0.436 e. The van der Waals surface area contributed by atoms with Crippen molar-refractivity contribution in [3.8, 4) is 11.5 Å². The molecule has 0 saturated heterocycles. The highest BCUT2D eigenvalue weighted by Crippen LogP contribution is 2.29. The molecule has 0 aliphatic rings. The normalized spacial score (nSPS) is 11.0. The summed E-state index contributed by atoms with van der Waals surface area (Å²) in [6.07, 6.45) is 0. The van der Waals surface area contributed by atoms with Gasteiger partial charge in [-0.3, -0.25) is 0 Å². The molecule has 3 nitrogen and oxygen atoms in total. The molecule has 3 rings (SSSR count). The van der Waals surface area contributed by atoms with E-state index in [0.717, 1.165) is 15.6 Å². The van der Waals surface area contributed by atoms with Gasteiger partial charge in [-0.2, -0.15) is 0 Å². The molecule has 0 radical (unpaired) electrons. The number of hydrogen-bond acceptors (Lipinski definition) is 3. The molecule has 2 N–H and O–H groups in total. The van der Waals surface area contributed by atoms with Gasteiger partial charge in [0.25, 0.3) is 0 Å². The van der Waals surface area contributed by atoms with Crippen LogP contribution in [0.2, 0.25) is 5.02 Å². The molecule has 0 bridgehead atoms. The Balaban J connectivity index is 2.16. The summed E-state index contributed by atoms with van der Waals surface area (Å²) in [6.45, 7) is 0. The summed E-state index contributed by atoms with van der Waals surface area (Å²) in [4.78, 5) is 4.40. The first kappa shape index (κ1) is 11.6. The Morgan fingerprint density at radius 2 is 2.00 bits per heavy atom. The van der Waals surface area contributed by atoms with E-state index in [1.807, 2.05) is 24.3 Å². The fourth-order valence-electron chi connectivity index (χ4n) is 1.70. The van der Waals surface area contributed by atoms with Gasteiger partial charge in [-0.25, -0.2) is 4.98 Å². The van der Waals surface area contributed by atoms with Crippen molar-refractivity contribution in [2.45, 2.75) is 0 Å².